The summed E-state index contributed by atoms with van der Waals surface area (Å²) in [4.78, 5) is 14.2. The summed E-state index contributed by atoms with van der Waals surface area (Å²) in [6, 6.07) is 6.51. The molecule has 150 valence electrons. The standard InChI is InChI=1S/C19H21F3N4O2/c1-12-2-4-13(5-3-12)14-10-16(19(20,21)22)26-17(23-14)11-15(24-26)18(27)25-6-8-28-9-7-25/h2-5,11,14,16,23H,6-10H2,1H3/t14-,16-/m1/s1. The number of aryl methyl sites for hydroxylation is 1. The van der Waals surface area contributed by atoms with Gasteiger partial charge in [-0.3, -0.25) is 4.79 Å². The predicted molar refractivity (Wildman–Crippen MR) is 96.2 cm³/mol. The summed E-state index contributed by atoms with van der Waals surface area (Å²) >= 11 is 0. The average molecular weight is 394 g/mol. The van der Waals surface area contributed by atoms with Crippen molar-refractivity contribution < 1.29 is 22.7 Å². The molecule has 2 aromatic rings. The number of aromatic nitrogens is 2. The van der Waals surface area contributed by atoms with Crippen LogP contribution in [-0.4, -0.2) is 53.1 Å². The smallest absolute Gasteiger partial charge is 0.378 e. The number of hydrogen-bond acceptors (Lipinski definition) is 4. The van der Waals surface area contributed by atoms with E-state index in [0.29, 0.717) is 26.3 Å². The minimum absolute atomic E-state index is 0.0169. The van der Waals surface area contributed by atoms with Crippen molar-refractivity contribution in [2.24, 2.45) is 0 Å². The topological polar surface area (TPSA) is 59.4 Å². The number of halogens is 3. The van der Waals surface area contributed by atoms with Gasteiger partial charge in [0.05, 0.1) is 19.3 Å². The number of nitrogens with one attached hydrogen (secondary N) is 1. The lowest BCUT2D eigenvalue weighted by Gasteiger charge is -2.33. The van der Waals surface area contributed by atoms with Gasteiger partial charge in [0, 0.05) is 25.6 Å². The van der Waals surface area contributed by atoms with Crippen LogP contribution in [0, 0.1) is 6.92 Å². The van der Waals surface area contributed by atoms with Gasteiger partial charge in [0.15, 0.2) is 11.7 Å². The summed E-state index contributed by atoms with van der Waals surface area (Å²) < 4.78 is 47.3. The fraction of sp³-hybridized carbons (Fsp3) is 0.474. The molecule has 2 atom stereocenters. The van der Waals surface area contributed by atoms with Crippen LogP contribution in [0.3, 0.4) is 0 Å². The first-order chi connectivity index (χ1) is 13.3. The van der Waals surface area contributed by atoms with Gasteiger partial charge < -0.3 is 15.0 Å². The third kappa shape index (κ3) is 3.58. The molecule has 2 aliphatic heterocycles. The van der Waals surface area contributed by atoms with Gasteiger partial charge in [-0.1, -0.05) is 29.8 Å². The molecule has 2 aliphatic rings. The maximum Gasteiger partial charge on any atom is 0.410 e. The number of alkyl halides is 3. The lowest BCUT2D eigenvalue weighted by atomic mass is 9.96. The van der Waals surface area contributed by atoms with Crippen molar-refractivity contribution >= 4 is 11.7 Å². The van der Waals surface area contributed by atoms with E-state index in [1.165, 1.54) is 6.07 Å². The monoisotopic (exact) mass is 394 g/mol. The number of morpholine rings is 1. The van der Waals surface area contributed by atoms with Crippen molar-refractivity contribution in [2.75, 3.05) is 31.6 Å². The molecule has 28 heavy (non-hydrogen) atoms. The van der Waals surface area contributed by atoms with Gasteiger partial charge in [0.1, 0.15) is 5.82 Å². The van der Waals surface area contributed by atoms with Gasteiger partial charge in [0.2, 0.25) is 0 Å². The van der Waals surface area contributed by atoms with Crippen molar-refractivity contribution in [2.45, 2.75) is 31.6 Å². The number of fused-ring (bicyclic) bond motifs is 1. The van der Waals surface area contributed by atoms with Gasteiger partial charge >= 0.3 is 6.18 Å². The van der Waals surface area contributed by atoms with Crippen LogP contribution in [0.5, 0.6) is 0 Å². The lowest BCUT2D eigenvalue weighted by molar-refractivity contribution is -0.173. The Labute approximate surface area is 160 Å². The van der Waals surface area contributed by atoms with Crippen molar-refractivity contribution in [1.82, 2.24) is 14.7 Å². The van der Waals surface area contributed by atoms with Crippen LogP contribution < -0.4 is 5.32 Å². The number of carbonyl (C=O) groups excluding carboxylic acids is 1. The molecular formula is C19H21F3N4O2. The highest BCUT2D eigenvalue weighted by atomic mass is 19.4. The first kappa shape index (κ1) is 18.8. The van der Waals surface area contributed by atoms with Gasteiger partial charge in [-0.15, -0.1) is 0 Å². The highest BCUT2D eigenvalue weighted by Gasteiger charge is 2.47. The Hall–Kier alpha value is -2.55. The van der Waals surface area contributed by atoms with Crippen LogP contribution in [0.25, 0.3) is 0 Å². The third-order valence-corrected chi connectivity index (χ3v) is 5.19. The maximum atomic E-state index is 13.7. The van der Waals surface area contributed by atoms with E-state index in [1.54, 1.807) is 4.90 Å². The highest BCUT2D eigenvalue weighted by molar-refractivity contribution is 5.93. The Morgan fingerprint density at radius 2 is 1.89 bits per heavy atom. The van der Waals surface area contributed by atoms with Crippen molar-refractivity contribution in [3.63, 3.8) is 0 Å². The molecule has 3 heterocycles. The molecule has 1 aromatic carbocycles. The molecule has 0 aliphatic carbocycles. The number of anilines is 1. The number of benzene rings is 1. The summed E-state index contributed by atoms with van der Waals surface area (Å²) in [5, 5.41) is 7.14. The molecule has 1 fully saturated rings. The zero-order chi connectivity index (χ0) is 19.9. The number of amides is 1. The van der Waals surface area contributed by atoms with Crippen molar-refractivity contribution in [3.8, 4) is 0 Å². The van der Waals surface area contributed by atoms with E-state index >= 15 is 0 Å². The molecule has 0 unspecified atom stereocenters. The Bertz CT molecular complexity index is 857. The summed E-state index contributed by atoms with van der Waals surface area (Å²) in [5.74, 6) is -0.171. The second kappa shape index (κ2) is 7.12. The average Bonchev–Trinajstić information content (AvgIpc) is 3.11. The molecule has 0 saturated carbocycles. The Morgan fingerprint density at radius 3 is 2.54 bits per heavy atom. The van der Waals surface area contributed by atoms with E-state index in [9.17, 15) is 18.0 Å². The van der Waals surface area contributed by atoms with E-state index in [4.69, 9.17) is 4.74 Å². The zero-order valence-corrected chi connectivity index (χ0v) is 15.4. The fourth-order valence-electron chi connectivity index (χ4n) is 3.62. The Kier molecular flexibility index (Phi) is 4.78. The molecule has 0 bridgehead atoms. The number of nitrogens with zero attached hydrogens (tertiary/aromatic N) is 3. The van der Waals surface area contributed by atoms with Gasteiger partial charge in [-0.05, 0) is 12.5 Å². The fourth-order valence-corrected chi connectivity index (χ4v) is 3.62. The van der Waals surface area contributed by atoms with E-state index in [0.717, 1.165) is 15.8 Å². The van der Waals surface area contributed by atoms with Crippen molar-refractivity contribution in [3.05, 3.63) is 47.2 Å². The summed E-state index contributed by atoms with van der Waals surface area (Å²) in [5.41, 5.74) is 1.83. The highest BCUT2D eigenvalue weighted by Crippen LogP contribution is 2.43. The number of carbonyl (C=O) groups is 1. The summed E-state index contributed by atoms with van der Waals surface area (Å²) in [7, 11) is 0. The SMILES string of the molecule is Cc1ccc([C@H]2C[C@H](C(F)(F)F)n3nc(C(=O)N4CCOCC4)cc3N2)cc1. The van der Waals surface area contributed by atoms with Crippen LogP contribution in [0.15, 0.2) is 30.3 Å². The van der Waals surface area contributed by atoms with Crippen LogP contribution in [-0.2, 0) is 4.74 Å². The van der Waals surface area contributed by atoms with Crippen LogP contribution in [0.1, 0.15) is 40.1 Å². The molecule has 0 radical (unpaired) electrons. The largest absolute Gasteiger partial charge is 0.410 e. The number of ether oxygens (including phenoxy) is 1. The van der Waals surface area contributed by atoms with Gasteiger partial charge in [-0.25, -0.2) is 4.68 Å². The molecule has 1 amide bonds. The molecule has 1 N–H and O–H groups in total. The minimum atomic E-state index is -4.47. The molecule has 6 nitrogen and oxygen atoms in total. The summed E-state index contributed by atoms with van der Waals surface area (Å²) in [6.45, 7) is 3.57. The molecule has 9 heteroatoms. The van der Waals surface area contributed by atoms with E-state index in [1.807, 2.05) is 31.2 Å². The van der Waals surface area contributed by atoms with Crippen LogP contribution in [0.4, 0.5) is 19.0 Å². The Balaban J connectivity index is 1.65. The molecule has 0 spiro atoms. The van der Waals surface area contributed by atoms with E-state index in [2.05, 4.69) is 10.4 Å². The van der Waals surface area contributed by atoms with Crippen LogP contribution in [0.2, 0.25) is 0 Å². The number of hydrogen-bond donors (Lipinski definition) is 1. The predicted octanol–water partition coefficient (Wildman–Crippen LogP) is 3.32. The van der Waals surface area contributed by atoms with Crippen molar-refractivity contribution in [1.29, 1.82) is 0 Å². The first-order valence-corrected chi connectivity index (χ1v) is 9.19. The number of rotatable bonds is 2. The second-order valence-corrected chi connectivity index (χ2v) is 7.16. The zero-order valence-electron chi connectivity index (χ0n) is 15.4. The Morgan fingerprint density at radius 1 is 1.21 bits per heavy atom. The molecule has 4 rings (SSSR count). The lowest BCUT2D eigenvalue weighted by Crippen LogP contribution is -2.41. The maximum absolute atomic E-state index is 13.7. The second-order valence-electron chi connectivity index (χ2n) is 7.16. The van der Waals surface area contributed by atoms with E-state index in [-0.39, 0.29) is 23.8 Å². The van der Waals surface area contributed by atoms with Gasteiger partial charge in [-0.2, -0.15) is 18.3 Å². The van der Waals surface area contributed by atoms with Crippen LogP contribution >= 0.6 is 0 Å². The molecule has 1 saturated heterocycles. The third-order valence-electron chi connectivity index (χ3n) is 5.19. The molecule has 1 aromatic heterocycles. The summed E-state index contributed by atoms with van der Waals surface area (Å²) in [6.07, 6.45) is -4.66. The van der Waals surface area contributed by atoms with Gasteiger partial charge in [0.25, 0.3) is 5.91 Å². The quantitative estimate of drug-likeness (QED) is 0.849. The normalized spacial score (nSPS) is 22.5. The first-order valence-electron chi connectivity index (χ1n) is 9.19. The molecular weight excluding hydrogens is 373 g/mol. The van der Waals surface area contributed by atoms with E-state index < -0.39 is 18.3 Å². The minimum Gasteiger partial charge on any atom is -0.378 e.